The number of rotatable bonds is 9. The number of aliphatic hydroxyl groups excluding tert-OH is 2. The first-order valence-electron chi connectivity index (χ1n) is 6.84. The molecule has 0 heterocycles. The van der Waals surface area contributed by atoms with E-state index in [2.05, 4.69) is 0 Å². The number of quaternary nitrogens is 2. The fraction of sp³-hybridized carbons (Fsp3) is 0.857. The minimum absolute atomic E-state index is 0. The second-order valence-corrected chi connectivity index (χ2v) is 7.41. The van der Waals surface area contributed by atoms with Crippen LogP contribution < -0.4 is 0 Å². The summed E-state index contributed by atoms with van der Waals surface area (Å²) in [5.41, 5.74) is 0. The molecule has 0 bridgehead atoms. The number of nitrogens with zero attached hydrogens (tertiary/aromatic N) is 2. The minimum Gasteiger partial charge on any atom is -0.380 e. The SMILES string of the molecule is C[N+](C)(C)CC(O)C(=O)CCC(=O)C(O)C[N+](C)(C)C.I. The molecule has 2 atom stereocenters. The third kappa shape index (κ3) is 12.2. The summed E-state index contributed by atoms with van der Waals surface area (Å²) in [6.07, 6.45) is -2.15. The van der Waals surface area contributed by atoms with E-state index >= 15 is 0 Å². The highest BCUT2D eigenvalue weighted by Crippen LogP contribution is 2.05. The van der Waals surface area contributed by atoms with E-state index in [1.54, 1.807) is 0 Å². The summed E-state index contributed by atoms with van der Waals surface area (Å²) in [4.78, 5) is 23.5. The first-order valence-corrected chi connectivity index (χ1v) is 6.84. The molecule has 126 valence electrons. The molecule has 7 heteroatoms. The molecule has 0 rings (SSSR count). The van der Waals surface area contributed by atoms with Gasteiger partial charge in [-0.25, -0.2) is 0 Å². The van der Waals surface area contributed by atoms with Gasteiger partial charge in [-0.15, -0.1) is 24.0 Å². The number of halogens is 1. The highest BCUT2D eigenvalue weighted by molar-refractivity contribution is 14.0. The lowest BCUT2D eigenvalue weighted by Gasteiger charge is -2.27. The van der Waals surface area contributed by atoms with Crippen LogP contribution in [0.4, 0.5) is 0 Å². The molecule has 0 spiro atoms. The van der Waals surface area contributed by atoms with Gasteiger partial charge in [-0.2, -0.15) is 0 Å². The van der Waals surface area contributed by atoms with Gasteiger partial charge in [-0.1, -0.05) is 0 Å². The highest BCUT2D eigenvalue weighted by atomic mass is 127. The van der Waals surface area contributed by atoms with Crippen LogP contribution in [-0.2, 0) is 9.59 Å². The van der Waals surface area contributed by atoms with Crippen LogP contribution >= 0.6 is 24.0 Å². The second-order valence-electron chi connectivity index (χ2n) is 7.41. The summed E-state index contributed by atoms with van der Waals surface area (Å²) in [6.45, 7) is 0.628. The van der Waals surface area contributed by atoms with Gasteiger partial charge in [-0.05, 0) is 0 Å². The molecular formula is C14H31IN2O4+2. The zero-order chi connectivity index (χ0) is 16.1. The van der Waals surface area contributed by atoms with Gasteiger partial charge < -0.3 is 19.2 Å². The van der Waals surface area contributed by atoms with Crippen molar-refractivity contribution in [1.29, 1.82) is 0 Å². The maximum atomic E-state index is 11.7. The largest absolute Gasteiger partial charge is 0.380 e. The normalized spacial score (nSPS) is 15.0. The monoisotopic (exact) mass is 418 g/mol. The lowest BCUT2D eigenvalue weighted by molar-refractivity contribution is -0.872. The van der Waals surface area contributed by atoms with E-state index in [4.69, 9.17) is 0 Å². The highest BCUT2D eigenvalue weighted by Gasteiger charge is 2.26. The fourth-order valence-corrected chi connectivity index (χ4v) is 1.82. The van der Waals surface area contributed by atoms with Crippen LogP contribution in [0, 0.1) is 0 Å². The average molecular weight is 418 g/mol. The van der Waals surface area contributed by atoms with Crippen molar-refractivity contribution in [3.63, 3.8) is 0 Å². The Morgan fingerprint density at radius 1 is 0.762 bits per heavy atom. The summed E-state index contributed by atoms with van der Waals surface area (Å²) < 4.78 is 0.954. The third-order valence-corrected chi connectivity index (χ3v) is 2.80. The average Bonchev–Trinajstić information content (AvgIpc) is 2.20. The number of hydrogen-bond donors (Lipinski definition) is 2. The van der Waals surface area contributed by atoms with Gasteiger partial charge in [0.1, 0.15) is 13.1 Å². The van der Waals surface area contributed by atoms with Crippen molar-refractivity contribution in [1.82, 2.24) is 0 Å². The molecule has 2 N–H and O–H groups in total. The Morgan fingerprint density at radius 3 is 1.19 bits per heavy atom. The number of Topliss-reactive ketones (excluding diaryl/α,β-unsaturated/α-hetero) is 2. The van der Waals surface area contributed by atoms with Crippen molar-refractivity contribution >= 4 is 35.5 Å². The Balaban J connectivity index is 0. The summed E-state index contributed by atoms with van der Waals surface area (Å²) in [6, 6.07) is 0. The van der Waals surface area contributed by atoms with Crippen LogP contribution in [0.5, 0.6) is 0 Å². The molecule has 0 radical (unpaired) electrons. The Hall–Kier alpha value is -0.0900. The predicted octanol–water partition coefficient (Wildman–Crippen LogP) is -0.343. The molecule has 0 aliphatic heterocycles. The molecule has 21 heavy (non-hydrogen) atoms. The van der Waals surface area contributed by atoms with Crippen molar-refractivity contribution in [2.45, 2.75) is 25.0 Å². The second kappa shape index (κ2) is 9.14. The Labute approximate surface area is 144 Å². The molecule has 0 aromatic heterocycles. The molecular weight excluding hydrogens is 387 g/mol. The number of carbonyl (C=O) groups is 2. The van der Waals surface area contributed by atoms with Crippen molar-refractivity contribution in [2.75, 3.05) is 55.4 Å². The van der Waals surface area contributed by atoms with E-state index in [1.807, 2.05) is 42.3 Å². The fourth-order valence-electron chi connectivity index (χ4n) is 1.82. The number of ketones is 2. The van der Waals surface area contributed by atoms with Gasteiger partial charge in [0.05, 0.1) is 42.3 Å². The molecule has 0 saturated heterocycles. The molecule has 2 unspecified atom stereocenters. The summed E-state index contributed by atoms with van der Waals surface area (Å²) >= 11 is 0. The van der Waals surface area contributed by atoms with Crippen LogP contribution in [0.15, 0.2) is 0 Å². The predicted molar refractivity (Wildman–Crippen MR) is 92.5 cm³/mol. The molecule has 0 saturated carbocycles. The van der Waals surface area contributed by atoms with Crippen LogP contribution in [0.2, 0.25) is 0 Å². The van der Waals surface area contributed by atoms with Gasteiger partial charge >= 0.3 is 0 Å². The zero-order valence-electron chi connectivity index (χ0n) is 14.0. The van der Waals surface area contributed by atoms with Crippen LogP contribution in [-0.4, -0.2) is 98.3 Å². The molecule has 0 fully saturated rings. The van der Waals surface area contributed by atoms with E-state index in [1.165, 1.54) is 0 Å². The van der Waals surface area contributed by atoms with E-state index in [0.717, 1.165) is 0 Å². The van der Waals surface area contributed by atoms with Crippen LogP contribution in [0.3, 0.4) is 0 Å². The molecule has 0 aliphatic carbocycles. The first kappa shape index (κ1) is 23.2. The van der Waals surface area contributed by atoms with E-state index in [-0.39, 0.29) is 48.4 Å². The lowest BCUT2D eigenvalue weighted by atomic mass is 10.0. The lowest BCUT2D eigenvalue weighted by Crippen LogP contribution is -2.45. The number of likely N-dealkylation sites (N-methyl/N-ethyl adjacent to an activating group) is 2. The Morgan fingerprint density at radius 2 is 1.00 bits per heavy atom. The molecule has 6 nitrogen and oxygen atoms in total. The van der Waals surface area contributed by atoms with Gasteiger partial charge in [-0.3, -0.25) is 9.59 Å². The van der Waals surface area contributed by atoms with Crippen molar-refractivity contribution in [2.24, 2.45) is 0 Å². The molecule has 0 amide bonds. The number of hydrogen-bond acceptors (Lipinski definition) is 4. The van der Waals surface area contributed by atoms with E-state index < -0.39 is 12.2 Å². The summed E-state index contributed by atoms with van der Waals surface area (Å²) in [5.74, 6) is -0.687. The van der Waals surface area contributed by atoms with E-state index in [9.17, 15) is 19.8 Å². The molecule has 0 aliphatic rings. The maximum absolute atomic E-state index is 11.7. The van der Waals surface area contributed by atoms with Crippen LogP contribution in [0.1, 0.15) is 12.8 Å². The molecule has 0 aromatic rings. The van der Waals surface area contributed by atoms with Gasteiger partial charge in [0.15, 0.2) is 23.8 Å². The minimum atomic E-state index is -1.06. The topological polar surface area (TPSA) is 74.6 Å². The number of carbonyl (C=O) groups excluding carboxylic acids is 2. The summed E-state index contributed by atoms with van der Waals surface area (Å²) in [7, 11) is 11.3. The zero-order valence-corrected chi connectivity index (χ0v) is 16.3. The maximum Gasteiger partial charge on any atom is 0.167 e. The molecule has 0 aromatic carbocycles. The Kier molecular flexibility index (Phi) is 10.1. The Bertz CT molecular complexity index is 314. The van der Waals surface area contributed by atoms with Crippen molar-refractivity contribution in [3.8, 4) is 0 Å². The van der Waals surface area contributed by atoms with E-state index in [0.29, 0.717) is 22.1 Å². The van der Waals surface area contributed by atoms with Crippen LogP contribution in [0.25, 0.3) is 0 Å². The van der Waals surface area contributed by atoms with Crippen molar-refractivity contribution in [3.05, 3.63) is 0 Å². The smallest absolute Gasteiger partial charge is 0.167 e. The van der Waals surface area contributed by atoms with Gasteiger partial charge in [0.2, 0.25) is 0 Å². The number of aliphatic hydroxyl groups is 2. The summed E-state index contributed by atoms with van der Waals surface area (Å²) in [5, 5.41) is 19.5. The van der Waals surface area contributed by atoms with Crippen molar-refractivity contribution < 1.29 is 28.8 Å². The quantitative estimate of drug-likeness (QED) is 0.397. The third-order valence-electron chi connectivity index (χ3n) is 2.80. The first-order chi connectivity index (χ1) is 8.82. The standard InChI is InChI=1S/C14H30N2O4.HI/c1-15(2,3)9-13(19)11(17)7-8-12(18)14(20)10-16(4,5)6;/h13-14,19-20H,7-10H2,1-6H3;1H/q+2;. The van der Waals surface area contributed by atoms with Gasteiger partial charge in [0, 0.05) is 12.8 Å². The van der Waals surface area contributed by atoms with Gasteiger partial charge in [0.25, 0.3) is 0 Å².